The van der Waals surface area contributed by atoms with Crippen molar-refractivity contribution in [3.8, 4) is 17.2 Å². The molecule has 0 aliphatic carbocycles. The van der Waals surface area contributed by atoms with Gasteiger partial charge in [0, 0.05) is 37.3 Å². The molecule has 0 atom stereocenters. The first-order valence-corrected chi connectivity index (χ1v) is 9.67. The number of primary amides is 1. The van der Waals surface area contributed by atoms with Crippen molar-refractivity contribution in [1.29, 1.82) is 16.1 Å². The summed E-state index contributed by atoms with van der Waals surface area (Å²) in [7, 11) is 1.71. The highest BCUT2D eigenvalue weighted by molar-refractivity contribution is 6.00. The number of rotatable bonds is 5. The van der Waals surface area contributed by atoms with E-state index in [2.05, 4.69) is 11.0 Å². The van der Waals surface area contributed by atoms with Crippen molar-refractivity contribution in [2.24, 2.45) is 11.7 Å². The van der Waals surface area contributed by atoms with E-state index in [1.807, 2.05) is 18.2 Å². The molecule has 0 aromatic heterocycles. The van der Waals surface area contributed by atoms with E-state index in [0.29, 0.717) is 30.2 Å². The molecule has 6 N–H and O–H groups in total. The van der Waals surface area contributed by atoms with Gasteiger partial charge >= 0.3 is 0 Å². The molecule has 1 fully saturated rings. The van der Waals surface area contributed by atoms with Crippen molar-refractivity contribution in [2.45, 2.75) is 12.8 Å². The van der Waals surface area contributed by atoms with Crippen LogP contribution in [-0.2, 0) is 0 Å². The lowest BCUT2D eigenvalue weighted by atomic mass is 9.92. The zero-order chi connectivity index (χ0) is 21.8. The second-order valence-electron chi connectivity index (χ2n) is 7.37. The molecule has 1 amide bonds. The molecule has 0 spiro atoms. The predicted molar refractivity (Wildman–Crippen MR) is 119 cm³/mol. The summed E-state index contributed by atoms with van der Waals surface area (Å²) in [6.07, 6.45) is 2.66. The Kier molecular flexibility index (Phi) is 6.02. The summed E-state index contributed by atoms with van der Waals surface area (Å²) >= 11 is 0. The van der Waals surface area contributed by atoms with E-state index in [0.717, 1.165) is 36.0 Å². The Morgan fingerprint density at radius 2 is 2.00 bits per heavy atom. The number of piperidine rings is 1. The van der Waals surface area contributed by atoms with Crippen LogP contribution in [0.4, 0.5) is 11.4 Å². The summed E-state index contributed by atoms with van der Waals surface area (Å²) in [6, 6.07) is 12.9. The third-order valence-electron chi connectivity index (χ3n) is 5.56. The SMILES string of the molecule is CN(C=N)C(=N)C1CCN(c2c(C#N)cccc2-c2ccc(N)c(C(N)=O)c2)CC1. The predicted octanol–water partition coefficient (Wildman–Crippen LogP) is 2.64. The average molecular weight is 403 g/mol. The lowest BCUT2D eigenvalue weighted by molar-refractivity contribution is 0.100. The van der Waals surface area contributed by atoms with Gasteiger partial charge in [0.1, 0.15) is 11.9 Å². The van der Waals surface area contributed by atoms with Gasteiger partial charge in [0.2, 0.25) is 0 Å². The molecule has 0 saturated carbocycles. The molecule has 0 unspecified atom stereocenters. The van der Waals surface area contributed by atoms with Gasteiger partial charge in [-0.25, -0.2) is 0 Å². The van der Waals surface area contributed by atoms with Crippen LogP contribution >= 0.6 is 0 Å². The fourth-order valence-electron chi connectivity index (χ4n) is 3.88. The first-order chi connectivity index (χ1) is 14.4. The van der Waals surface area contributed by atoms with Crippen LogP contribution in [0.15, 0.2) is 36.4 Å². The van der Waals surface area contributed by atoms with Gasteiger partial charge in [-0.15, -0.1) is 0 Å². The number of amides is 1. The standard InChI is InChI=1S/C22H25N7O/c1-28(13-24)21(26)14-7-9-29(10-8-14)20-16(12-23)3-2-4-17(20)15-5-6-19(25)18(11-15)22(27)30/h2-6,11,13-14,24,26H,7-10,25H2,1H3,(H2,27,30). The van der Waals surface area contributed by atoms with E-state index < -0.39 is 5.91 Å². The van der Waals surface area contributed by atoms with Crippen LogP contribution in [0.3, 0.4) is 0 Å². The molecule has 8 heteroatoms. The maximum absolute atomic E-state index is 11.7. The fourth-order valence-corrected chi connectivity index (χ4v) is 3.88. The molecular formula is C22H25N7O. The van der Waals surface area contributed by atoms with Crippen LogP contribution in [0.5, 0.6) is 0 Å². The number of amidine groups is 1. The number of para-hydroxylation sites is 1. The van der Waals surface area contributed by atoms with Crippen molar-refractivity contribution in [3.05, 3.63) is 47.5 Å². The van der Waals surface area contributed by atoms with E-state index >= 15 is 0 Å². The summed E-state index contributed by atoms with van der Waals surface area (Å²) in [5.41, 5.74) is 14.9. The minimum atomic E-state index is -0.595. The molecule has 154 valence electrons. The Balaban J connectivity index is 1.96. The van der Waals surface area contributed by atoms with Crippen LogP contribution in [0.25, 0.3) is 11.1 Å². The second-order valence-corrected chi connectivity index (χ2v) is 7.37. The number of carbonyl (C=O) groups excluding carboxylic acids is 1. The average Bonchev–Trinajstić information content (AvgIpc) is 2.77. The van der Waals surface area contributed by atoms with Crippen LogP contribution in [0.1, 0.15) is 28.8 Å². The fraction of sp³-hybridized carbons (Fsp3) is 0.273. The molecular weight excluding hydrogens is 378 g/mol. The second kappa shape index (κ2) is 8.66. The van der Waals surface area contributed by atoms with E-state index in [4.69, 9.17) is 22.3 Å². The number of anilines is 2. The highest BCUT2D eigenvalue weighted by Gasteiger charge is 2.27. The lowest BCUT2D eigenvalue weighted by Gasteiger charge is -2.36. The molecule has 0 radical (unpaired) electrons. The van der Waals surface area contributed by atoms with Crippen LogP contribution < -0.4 is 16.4 Å². The minimum Gasteiger partial charge on any atom is -0.398 e. The van der Waals surface area contributed by atoms with Gasteiger partial charge in [-0.3, -0.25) is 15.6 Å². The Labute approximate surface area is 175 Å². The molecule has 1 heterocycles. The number of nitrogens with zero attached hydrogens (tertiary/aromatic N) is 3. The van der Waals surface area contributed by atoms with Gasteiger partial charge < -0.3 is 21.3 Å². The molecule has 8 nitrogen and oxygen atoms in total. The van der Waals surface area contributed by atoms with E-state index in [1.54, 1.807) is 25.2 Å². The zero-order valence-corrected chi connectivity index (χ0v) is 16.9. The van der Waals surface area contributed by atoms with Crippen molar-refractivity contribution in [1.82, 2.24) is 4.90 Å². The number of nitrogen functional groups attached to an aromatic ring is 1. The number of hydrogen-bond donors (Lipinski definition) is 4. The summed E-state index contributed by atoms with van der Waals surface area (Å²) in [4.78, 5) is 15.4. The summed E-state index contributed by atoms with van der Waals surface area (Å²) in [5.74, 6) is -0.0893. The quantitative estimate of drug-likeness (QED) is 0.344. The third kappa shape index (κ3) is 3.96. The molecule has 2 aromatic rings. The van der Waals surface area contributed by atoms with E-state index in [-0.39, 0.29) is 11.5 Å². The molecule has 1 saturated heterocycles. The van der Waals surface area contributed by atoms with E-state index in [9.17, 15) is 10.1 Å². The van der Waals surface area contributed by atoms with Gasteiger partial charge in [0.15, 0.2) is 0 Å². The maximum Gasteiger partial charge on any atom is 0.250 e. The highest BCUT2D eigenvalue weighted by Crippen LogP contribution is 2.37. The van der Waals surface area contributed by atoms with Crippen LogP contribution in [-0.4, -0.2) is 43.1 Å². The van der Waals surface area contributed by atoms with Crippen molar-refractivity contribution < 1.29 is 4.79 Å². The van der Waals surface area contributed by atoms with Gasteiger partial charge in [0.05, 0.1) is 23.2 Å². The highest BCUT2D eigenvalue weighted by atomic mass is 16.1. The number of benzene rings is 2. The van der Waals surface area contributed by atoms with Crippen LogP contribution in [0.2, 0.25) is 0 Å². The lowest BCUT2D eigenvalue weighted by Crippen LogP contribution is -2.41. The normalized spacial score (nSPS) is 14.1. The number of hydrogen-bond acceptors (Lipinski definition) is 6. The van der Waals surface area contributed by atoms with Gasteiger partial charge in [-0.05, 0) is 36.6 Å². The molecule has 1 aliphatic rings. The maximum atomic E-state index is 11.7. The number of carbonyl (C=O) groups is 1. The minimum absolute atomic E-state index is 0.0727. The first-order valence-electron chi connectivity index (χ1n) is 9.67. The molecule has 0 bridgehead atoms. The van der Waals surface area contributed by atoms with Gasteiger partial charge in [-0.1, -0.05) is 18.2 Å². The zero-order valence-electron chi connectivity index (χ0n) is 16.9. The number of nitrogens with one attached hydrogen (secondary N) is 2. The smallest absolute Gasteiger partial charge is 0.250 e. The number of nitriles is 1. The number of nitrogens with two attached hydrogens (primary N) is 2. The first kappa shape index (κ1) is 20.9. The topological polar surface area (TPSA) is 147 Å². The largest absolute Gasteiger partial charge is 0.398 e. The van der Waals surface area contributed by atoms with Crippen molar-refractivity contribution >= 4 is 29.5 Å². The van der Waals surface area contributed by atoms with E-state index in [1.165, 1.54) is 4.90 Å². The van der Waals surface area contributed by atoms with Crippen molar-refractivity contribution in [3.63, 3.8) is 0 Å². The summed E-state index contributed by atoms with van der Waals surface area (Å²) < 4.78 is 0. The Bertz CT molecular complexity index is 1030. The Hall–Kier alpha value is -3.86. The van der Waals surface area contributed by atoms with Gasteiger partial charge in [0.25, 0.3) is 5.91 Å². The monoisotopic (exact) mass is 403 g/mol. The van der Waals surface area contributed by atoms with Gasteiger partial charge in [-0.2, -0.15) is 5.26 Å². The summed E-state index contributed by atoms with van der Waals surface area (Å²) in [6.45, 7) is 1.37. The van der Waals surface area contributed by atoms with Crippen LogP contribution in [0, 0.1) is 28.1 Å². The molecule has 30 heavy (non-hydrogen) atoms. The Morgan fingerprint density at radius 1 is 1.30 bits per heavy atom. The third-order valence-corrected chi connectivity index (χ3v) is 5.56. The molecule has 1 aliphatic heterocycles. The summed E-state index contributed by atoms with van der Waals surface area (Å²) in [5, 5.41) is 25.3. The van der Waals surface area contributed by atoms with Crippen molar-refractivity contribution in [2.75, 3.05) is 30.8 Å². The Morgan fingerprint density at radius 3 is 2.60 bits per heavy atom. The molecule has 2 aromatic carbocycles. The molecule has 3 rings (SSSR count).